The van der Waals surface area contributed by atoms with E-state index in [4.69, 9.17) is 5.73 Å². The van der Waals surface area contributed by atoms with Crippen molar-refractivity contribution >= 4 is 15.9 Å². The largest absolute Gasteiger partial charge is 0.331 e. The quantitative estimate of drug-likeness (QED) is 0.890. The van der Waals surface area contributed by atoms with Crippen molar-refractivity contribution in [2.24, 2.45) is 5.73 Å². The Labute approximate surface area is 124 Å². The van der Waals surface area contributed by atoms with Gasteiger partial charge in [-0.3, -0.25) is 13.9 Å². The fourth-order valence-electron chi connectivity index (χ4n) is 1.96. The van der Waals surface area contributed by atoms with Crippen molar-refractivity contribution in [3.8, 4) is 0 Å². The maximum Gasteiger partial charge on any atom is 0.331 e. The molecule has 6 heteroatoms. The number of nitrogens with two attached hydrogens (primary N) is 1. The molecule has 0 saturated heterocycles. The maximum atomic E-state index is 12.3. The first-order valence-corrected chi connectivity index (χ1v) is 7.16. The summed E-state index contributed by atoms with van der Waals surface area (Å²) in [7, 11) is 0. The predicted molar refractivity (Wildman–Crippen MR) is 81.9 cm³/mol. The highest BCUT2D eigenvalue weighted by atomic mass is 79.9. The van der Waals surface area contributed by atoms with Gasteiger partial charge in [-0.05, 0) is 30.7 Å². The predicted octanol–water partition coefficient (Wildman–Crippen LogP) is 1.17. The Morgan fingerprint density at radius 3 is 2.70 bits per heavy atom. The molecule has 0 radical (unpaired) electrons. The van der Waals surface area contributed by atoms with Crippen LogP contribution in [0.3, 0.4) is 0 Å². The first-order chi connectivity index (χ1) is 9.61. The van der Waals surface area contributed by atoms with Crippen LogP contribution in [-0.4, -0.2) is 15.7 Å². The molecule has 0 aliphatic heterocycles. The molecule has 2 N–H and O–H groups in total. The molecule has 2 rings (SSSR count). The lowest BCUT2D eigenvalue weighted by molar-refractivity contribution is 0.554. The van der Waals surface area contributed by atoms with Crippen LogP contribution in [0, 0.1) is 0 Å². The number of rotatable bonds is 5. The van der Waals surface area contributed by atoms with E-state index in [0.717, 1.165) is 10.0 Å². The second-order valence-corrected chi connectivity index (χ2v) is 5.40. The Kier molecular flexibility index (Phi) is 4.92. The third kappa shape index (κ3) is 3.46. The summed E-state index contributed by atoms with van der Waals surface area (Å²) in [5.41, 5.74) is 5.83. The molecule has 0 amide bonds. The van der Waals surface area contributed by atoms with E-state index in [-0.39, 0.29) is 11.2 Å². The normalized spacial score (nSPS) is 10.7. The molecule has 0 bridgehead atoms. The minimum absolute atomic E-state index is 0.283. The smallest absolute Gasteiger partial charge is 0.330 e. The maximum absolute atomic E-state index is 12.3. The highest BCUT2D eigenvalue weighted by Crippen LogP contribution is 2.11. The number of hydrogen-bond acceptors (Lipinski definition) is 3. The Morgan fingerprint density at radius 1 is 1.20 bits per heavy atom. The number of halogens is 1. The van der Waals surface area contributed by atoms with Gasteiger partial charge in [-0.1, -0.05) is 28.1 Å². The Bertz CT molecular complexity index is 706. The van der Waals surface area contributed by atoms with Gasteiger partial charge in [-0.25, -0.2) is 4.79 Å². The van der Waals surface area contributed by atoms with Crippen molar-refractivity contribution in [3.63, 3.8) is 0 Å². The molecule has 2 aromatic rings. The fraction of sp³-hybridized carbons (Fsp3) is 0.286. The minimum Gasteiger partial charge on any atom is -0.330 e. The van der Waals surface area contributed by atoms with Gasteiger partial charge in [0.05, 0.1) is 6.54 Å². The van der Waals surface area contributed by atoms with Gasteiger partial charge in [0.1, 0.15) is 0 Å². The van der Waals surface area contributed by atoms with E-state index in [1.807, 2.05) is 24.3 Å². The molecule has 0 aliphatic carbocycles. The van der Waals surface area contributed by atoms with E-state index in [0.29, 0.717) is 26.1 Å². The van der Waals surface area contributed by atoms with Gasteiger partial charge in [-0.2, -0.15) is 0 Å². The van der Waals surface area contributed by atoms with E-state index >= 15 is 0 Å². The van der Waals surface area contributed by atoms with Crippen LogP contribution in [0.25, 0.3) is 0 Å². The number of benzene rings is 1. The third-order valence-corrected chi connectivity index (χ3v) is 3.46. The molecule has 20 heavy (non-hydrogen) atoms. The van der Waals surface area contributed by atoms with E-state index in [1.54, 1.807) is 0 Å². The topological polar surface area (TPSA) is 70.0 Å². The Morgan fingerprint density at radius 2 is 2.00 bits per heavy atom. The highest BCUT2D eigenvalue weighted by Gasteiger charge is 2.05. The van der Waals surface area contributed by atoms with Gasteiger partial charge < -0.3 is 5.73 Å². The van der Waals surface area contributed by atoms with Crippen LogP contribution in [-0.2, 0) is 13.1 Å². The summed E-state index contributed by atoms with van der Waals surface area (Å²) in [6.45, 7) is 1.24. The van der Waals surface area contributed by atoms with Gasteiger partial charge in [-0.15, -0.1) is 0 Å². The first-order valence-electron chi connectivity index (χ1n) is 6.36. The summed E-state index contributed by atoms with van der Waals surface area (Å²) in [6, 6.07) is 9.13. The lowest BCUT2D eigenvalue weighted by Gasteiger charge is -2.09. The summed E-state index contributed by atoms with van der Waals surface area (Å²) < 4.78 is 3.71. The minimum atomic E-state index is -0.300. The molecule has 0 saturated carbocycles. The third-order valence-electron chi connectivity index (χ3n) is 2.97. The van der Waals surface area contributed by atoms with Crippen LogP contribution in [0.1, 0.15) is 12.0 Å². The van der Waals surface area contributed by atoms with Crippen molar-refractivity contribution in [3.05, 3.63) is 67.4 Å². The van der Waals surface area contributed by atoms with Crippen molar-refractivity contribution < 1.29 is 0 Å². The summed E-state index contributed by atoms with van der Waals surface area (Å²) in [5, 5.41) is 0. The van der Waals surface area contributed by atoms with Gasteiger partial charge in [0.2, 0.25) is 0 Å². The van der Waals surface area contributed by atoms with Gasteiger partial charge in [0.15, 0.2) is 0 Å². The van der Waals surface area contributed by atoms with Crippen molar-refractivity contribution in [1.82, 2.24) is 9.13 Å². The molecule has 0 spiro atoms. The molecule has 1 heterocycles. The van der Waals surface area contributed by atoms with E-state index in [2.05, 4.69) is 15.9 Å². The Hall–Kier alpha value is -1.66. The second kappa shape index (κ2) is 6.67. The zero-order valence-electron chi connectivity index (χ0n) is 11.0. The lowest BCUT2D eigenvalue weighted by atomic mass is 10.2. The molecule has 1 aromatic carbocycles. The SMILES string of the molecule is NCCCn1c(=O)ccn(Cc2cccc(Br)c2)c1=O. The first kappa shape index (κ1) is 14.7. The van der Waals surface area contributed by atoms with E-state index in [9.17, 15) is 9.59 Å². The molecular weight excluding hydrogens is 322 g/mol. The van der Waals surface area contributed by atoms with Gasteiger partial charge in [0.25, 0.3) is 5.56 Å². The van der Waals surface area contributed by atoms with E-state index in [1.165, 1.54) is 21.4 Å². The highest BCUT2D eigenvalue weighted by molar-refractivity contribution is 9.10. The molecular formula is C14H16BrN3O2. The monoisotopic (exact) mass is 337 g/mol. The lowest BCUT2D eigenvalue weighted by Crippen LogP contribution is -2.39. The van der Waals surface area contributed by atoms with Crippen molar-refractivity contribution in [1.29, 1.82) is 0 Å². The zero-order valence-corrected chi connectivity index (χ0v) is 12.5. The van der Waals surface area contributed by atoms with Crippen LogP contribution in [0.2, 0.25) is 0 Å². The molecule has 0 aliphatic rings. The van der Waals surface area contributed by atoms with Crippen LogP contribution in [0.4, 0.5) is 0 Å². The average molecular weight is 338 g/mol. The summed E-state index contributed by atoms with van der Waals surface area (Å²) in [5.74, 6) is 0. The van der Waals surface area contributed by atoms with Crippen LogP contribution >= 0.6 is 15.9 Å². The van der Waals surface area contributed by atoms with E-state index < -0.39 is 0 Å². The standard InChI is InChI=1S/C14H16BrN3O2/c15-12-4-1-3-11(9-12)10-17-8-5-13(19)18(14(17)20)7-2-6-16/h1,3-5,8-9H,2,6-7,10,16H2. The summed E-state index contributed by atoms with van der Waals surface area (Å²) >= 11 is 3.40. The molecule has 106 valence electrons. The molecule has 0 unspecified atom stereocenters. The zero-order chi connectivity index (χ0) is 14.5. The summed E-state index contributed by atoms with van der Waals surface area (Å²) in [6.07, 6.45) is 2.14. The van der Waals surface area contributed by atoms with Gasteiger partial charge in [0, 0.05) is 23.3 Å². The number of nitrogens with zero attached hydrogens (tertiary/aromatic N) is 2. The van der Waals surface area contributed by atoms with Crippen molar-refractivity contribution in [2.75, 3.05) is 6.54 Å². The van der Waals surface area contributed by atoms with Crippen LogP contribution in [0.15, 0.2) is 50.6 Å². The fourth-order valence-corrected chi connectivity index (χ4v) is 2.41. The number of hydrogen-bond donors (Lipinski definition) is 1. The number of aromatic nitrogens is 2. The molecule has 0 atom stereocenters. The van der Waals surface area contributed by atoms with Crippen LogP contribution < -0.4 is 17.0 Å². The molecule has 0 fully saturated rings. The molecule has 5 nitrogen and oxygen atoms in total. The van der Waals surface area contributed by atoms with Crippen molar-refractivity contribution in [2.45, 2.75) is 19.5 Å². The summed E-state index contributed by atoms with van der Waals surface area (Å²) in [4.78, 5) is 24.0. The molecule has 1 aromatic heterocycles. The second-order valence-electron chi connectivity index (χ2n) is 4.49. The Balaban J connectivity index is 2.33. The van der Waals surface area contributed by atoms with Crippen LogP contribution in [0.5, 0.6) is 0 Å². The average Bonchev–Trinajstić information content (AvgIpc) is 2.42. The van der Waals surface area contributed by atoms with Gasteiger partial charge >= 0.3 is 5.69 Å².